The molecule has 0 aliphatic heterocycles. The lowest BCUT2D eigenvalue weighted by Crippen LogP contribution is -2.17. The van der Waals surface area contributed by atoms with E-state index in [1.807, 2.05) is 12.3 Å². The zero-order valence-electron chi connectivity index (χ0n) is 11.1. The van der Waals surface area contributed by atoms with Crippen LogP contribution in [0.1, 0.15) is 37.4 Å². The van der Waals surface area contributed by atoms with Gasteiger partial charge in [0.15, 0.2) is 0 Å². The molecule has 1 atom stereocenters. The molecule has 0 aromatic carbocycles. The third-order valence-electron chi connectivity index (χ3n) is 3.09. The topological polar surface area (TPSA) is 29.9 Å². The minimum Gasteiger partial charge on any atom is -0.354 e. The fraction of sp³-hybridized carbons (Fsp3) is 0.400. The molecule has 0 fully saturated rings. The first-order chi connectivity index (χ1) is 8.79. The number of hydrogen-bond donors (Lipinski definition) is 1. The summed E-state index contributed by atoms with van der Waals surface area (Å²) in [6.07, 6.45) is 9.26. The SMILES string of the molecule is CCCn1ccc(CN[C@@H](C)c2cccnc2)c1. The fourth-order valence-electron chi connectivity index (χ4n) is 2.01. The number of aryl methyl sites for hydroxylation is 1. The second kappa shape index (κ2) is 6.36. The first-order valence-electron chi connectivity index (χ1n) is 6.57. The molecule has 3 heteroatoms. The van der Waals surface area contributed by atoms with Crippen molar-refractivity contribution in [2.45, 2.75) is 39.4 Å². The Morgan fingerprint density at radius 3 is 3.00 bits per heavy atom. The number of nitrogens with zero attached hydrogens (tertiary/aromatic N) is 2. The molecule has 0 saturated heterocycles. The molecule has 2 aromatic heterocycles. The lowest BCUT2D eigenvalue weighted by molar-refractivity contribution is 0.571. The van der Waals surface area contributed by atoms with Crippen molar-refractivity contribution in [3.63, 3.8) is 0 Å². The van der Waals surface area contributed by atoms with Gasteiger partial charge in [0.1, 0.15) is 0 Å². The highest BCUT2D eigenvalue weighted by Gasteiger charge is 2.04. The highest BCUT2D eigenvalue weighted by atomic mass is 14.9. The summed E-state index contributed by atoms with van der Waals surface area (Å²) in [5.74, 6) is 0. The molecule has 3 nitrogen and oxygen atoms in total. The largest absolute Gasteiger partial charge is 0.354 e. The van der Waals surface area contributed by atoms with Crippen LogP contribution in [-0.2, 0) is 13.1 Å². The van der Waals surface area contributed by atoms with Crippen molar-refractivity contribution in [2.24, 2.45) is 0 Å². The van der Waals surface area contributed by atoms with Gasteiger partial charge in [0.25, 0.3) is 0 Å². The Labute approximate surface area is 109 Å². The molecule has 0 unspecified atom stereocenters. The molecule has 2 rings (SSSR count). The van der Waals surface area contributed by atoms with Crippen molar-refractivity contribution in [3.05, 3.63) is 54.1 Å². The van der Waals surface area contributed by atoms with Gasteiger partial charge in [-0.15, -0.1) is 0 Å². The predicted molar refractivity (Wildman–Crippen MR) is 74.2 cm³/mol. The Morgan fingerprint density at radius 2 is 2.28 bits per heavy atom. The molecule has 18 heavy (non-hydrogen) atoms. The van der Waals surface area contributed by atoms with Crippen molar-refractivity contribution in [1.29, 1.82) is 0 Å². The maximum absolute atomic E-state index is 4.15. The Hall–Kier alpha value is -1.61. The van der Waals surface area contributed by atoms with Gasteiger partial charge in [-0.25, -0.2) is 0 Å². The summed E-state index contributed by atoms with van der Waals surface area (Å²) in [5.41, 5.74) is 2.56. The van der Waals surface area contributed by atoms with E-state index in [0.29, 0.717) is 6.04 Å². The van der Waals surface area contributed by atoms with Gasteiger partial charge in [0.05, 0.1) is 0 Å². The van der Waals surface area contributed by atoms with Gasteiger partial charge >= 0.3 is 0 Å². The number of rotatable bonds is 6. The van der Waals surface area contributed by atoms with E-state index in [1.54, 1.807) is 6.20 Å². The second-order valence-electron chi connectivity index (χ2n) is 4.65. The van der Waals surface area contributed by atoms with Gasteiger partial charge in [-0.05, 0) is 36.6 Å². The summed E-state index contributed by atoms with van der Waals surface area (Å²) in [5, 5.41) is 3.52. The molecular weight excluding hydrogens is 222 g/mol. The summed E-state index contributed by atoms with van der Waals surface area (Å²) >= 11 is 0. The summed E-state index contributed by atoms with van der Waals surface area (Å²) in [6.45, 7) is 6.35. The molecule has 0 saturated carbocycles. The van der Waals surface area contributed by atoms with Crippen LogP contribution in [0.5, 0.6) is 0 Å². The summed E-state index contributed by atoms with van der Waals surface area (Å²) in [7, 11) is 0. The van der Waals surface area contributed by atoms with Crippen LogP contribution in [0.4, 0.5) is 0 Å². The second-order valence-corrected chi connectivity index (χ2v) is 4.65. The zero-order valence-corrected chi connectivity index (χ0v) is 11.1. The van der Waals surface area contributed by atoms with E-state index in [4.69, 9.17) is 0 Å². The highest BCUT2D eigenvalue weighted by Crippen LogP contribution is 2.11. The van der Waals surface area contributed by atoms with E-state index in [-0.39, 0.29) is 0 Å². The Balaban J connectivity index is 1.87. The predicted octanol–water partition coefficient (Wildman–Crippen LogP) is 3.14. The zero-order chi connectivity index (χ0) is 12.8. The fourth-order valence-corrected chi connectivity index (χ4v) is 2.01. The average Bonchev–Trinajstić information content (AvgIpc) is 2.85. The minimum atomic E-state index is 0.327. The number of aromatic nitrogens is 2. The van der Waals surface area contributed by atoms with Crippen LogP contribution in [0.2, 0.25) is 0 Å². The standard InChI is InChI=1S/C15H21N3/c1-3-8-18-9-6-14(12-18)10-17-13(2)15-5-4-7-16-11-15/h4-7,9,11-13,17H,3,8,10H2,1-2H3/t13-/m0/s1. The van der Waals surface area contributed by atoms with E-state index in [0.717, 1.165) is 13.1 Å². The van der Waals surface area contributed by atoms with Crippen molar-refractivity contribution in [3.8, 4) is 0 Å². The summed E-state index contributed by atoms with van der Waals surface area (Å²) in [6, 6.07) is 6.59. The van der Waals surface area contributed by atoms with Gasteiger partial charge in [-0.2, -0.15) is 0 Å². The molecule has 0 aliphatic carbocycles. The third-order valence-corrected chi connectivity index (χ3v) is 3.09. The number of pyridine rings is 1. The Bertz CT molecular complexity index is 462. The Morgan fingerprint density at radius 1 is 1.39 bits per heavy atom. The van der Waals surface area contributed by atoms with Crippen LogP contribution in [0.3, 0.4) is 0 Å². The van der Waals surface area contributed by atoms with Crippen molar-refractivity contribution < 1.29 is 0 Å². The molecule has 0 amide bonds. The van der Waals surface area contributed by atoms with Crippen LogP contribution >= 0.6 is 0 Å². The van der Waals surface area contributed by atoms with E-state index >= 15 is 0 Å². The highest BCUT2D eigenvalue weighted by molar-refractivity contribution is 5.14. The van der Waals surface area contributed by atoms with E-state index < -0.39 is 0 Å². The van der Waals surface area contributed by atoms with Gasteiger partial charge in [-0.1, -0.05) is 13.0 Å². The maximum atomic E-state index is 4.15. The van der Waals surface area contributed by atoms with E-state index in [2.05, 4.69) is 53.2 Å². The van der Waals surface area contributed by atoms with Crippen molar-refractivity contribution in [1.82, 2.24) is 14.9 Å². The maximum Gasteiger partial charge on any atom is 0.0315 e. The smallest absolute Gasteiger partial charge is 0.0315 e. The summed E-state index contributed by atoms with van der Waals surface area (Å²) < 4.78 is 2.24. The molecular formula is C15H21N3. The minimum absolute atomic E-state index is 0.327. The number of hydrogen-bond acceptors (Lipinski definition) is 2. The molecule has 2 aromatic rings. The third kappa shape index (κ3) is 3.44. The molecule has 0 spiro atoms. The molecule has 0 aliphatic rings. The lowest BCUT2D eigenvalue weighted by atomic mass is 10.1. The lowest BCUT2D eigenvalue weighted by Gasteiger charge is -2.12. The van der Waals surface area contributed by atoms with Crippen LogP contribution in [-0.4, -0.2) is 9.55 Å². The first-order valence-corrected chi connectivity index (χ1v) is 6.57. The van der Waals surface area contributed by atoms with Crippen LogP contribution < -0.4 is 5.32 Å². The van der Waals surface area contributed by atoms with Crippen molar-refractivity contribution >= 4 is 0 Å². The monoisotopic (exact) mass is 243 g/mol. The van der Waals surface area contributed by atoms with Crippen LogP contribution in [0, 0.1) is 0 Å². The van der Waals surface area contributed by atoms with Gasteiger partial charge < -0.3 is 9.88 Å². The molecule has 2 heterocycles. The van der Waals surface area contributed by atoms with E-state index in [1.165, 1.54) is 17.5 Å². The average molecular weight is 243 g/mol. The number of nitrogens with one attached hydrogen (secondary N) is 1. The van der Waals surface area contributed by atoms with Crippen molar-refractivity contribution in [2.75, 3.05) is 0 Å². The van der Waals surface area contributed by atoms with E-state index in [9.17, 15) is 0 Å². The van der Waals surface area contributed by atoms with Gasteiger partial charge in [0.2, 0.25) is 0 Å². The van der Waals surface area contributed by atoms with Crippen LogP contribution in [0.15, 0.2) is 43.0 Å². The first kappa shape index (κ1) is 12.8. The normalized spacial score (nSPS) is 12.6. The van der Waals surface area contributed by atoms with Gasteiger partial charge in [0, 0.05) is 43.9 Å². The quantitative estimate of drug-likeness (QED) is 0.844. The summed E-state index contributed by atoms with van der Waals surface area (Å²) in [4.78, 5) is 4.15. The molecule has 0 radical (unpaired) electrons. The Kier molecular flexibility index (Phi) is 4.53. The molecule has 1 N–H and O–H groups in total. The van der Waals surface area contributed by atoms with Crippen LogP contribution in [0.25, 0.3) is 0 Å². The van der Waals surface area contributed by atoms with Gasteiger partial charge in [-0.3, -0.25) is 4.98 Å². The molecule has 96 valence electrons. The molecule has 0 bridgehead atoms.